The number of β-amino-alcohol motifs (C(OH)–C–C–N with tert-alkyl or cyclic N) is 1. The van der Waals surface area contributed by atoms with Crippen molar-refractivity contribution in [2.24, 2.45) is 0 Å². The second kappa shape index (κ2) is 15.1. The number of aryl methyl sites for hydroxylation is 2. The van der Waals surface area contributed by atoms with Gasteiger partial charge < -0.3 is 19.8 Å². The largest absolute Gasteiger partial charge is 0.465 e. The number of ether oxygens (including phenoxy) is 1. The number of carbonyl (C=O) groups is 2. The number of amides is 2. The summed E-state index contributed by atoms with van der Waals surface area (Å²) in [5, 5.41) is 23.2. The number of rotatable bonds is 6. The number of halogens is 1. The molecule has 1 aliphatic heterocycles. The number of para-hydroxylation sites is 2. The van der Waals surface area contributed by atoms with E-state index in [1.54, 1.807) is 24.3 Å². The number of hydrogen-bond acceptors (Lipinski definition) is 5. The predicted octanol–water partition coefficient (Wildman–Crippen LogP) is 4.90. The van der Waals surface area contributed by atoms with Crippen LogP contribution in [0.2, 0.25) is 0 Å². The molecule has 2 aromatic carbocycles. The molecule has 182 valence electrons. The van der Waals surface area contributed by atoms with Crippen molar-refractivity contribution in [3.8, 4) is 0 Å². The zero-order chi connectivity index (χ0) is 23.3. The zero-order valence-electron chi connectivity index (χ0n) is 19.1. The van der Waals surface area contributed by atoms with Gasteiger partial charge in [0.25, 0.3) is 0 Å². The van der Waals surface area contributed by atoms with Crippen molar-refractivity contribution in [2.45, 2.75) is 39.2 Å². The zero-order valence-corrected chi connectivity index (χ0v) is 19.9. The number of hydrogen-bond donors (Lipinski definition) is 4. The van der Waals surface area contributed by atoms with Crippen molar-refractivity contribution < 1.29 is 24.5 Å². The molecule has 0 radical (unpaired) electrons. The number of aliphatic hydroxyl groups excluding tert-OH is 1. The quantitative estimate of drug-likeness (QED) is 0.469. The van der Waals surface area contributed by atoms with E-state index in [1.165, 1.54) is 19.3 Å². The molecule has 1 fully saturated rings. The van der Waals surface area contributed by atoms with Gasteiger partial charge in [-0.1, -0.05) is 42.8 Å². The Morgan fingerprint density at radius 2 is 1.58 bits per heavy atom. The molecule has 0 aromatic heterocycles. The SMILES string of the molecule is Cc1cccc(C)c1NC(=O)OCC(O)CN1CCCCC1.Cl.O=C(O)Nc1ccccc1. The van der Waals surface area contributed by atoms with E-state index >= 15 is 0 Å². The first-order valence-electron chi connectivity index (χ1n) is 10.8. The normalized spacial score (nSPS) is 14.0. The van der Waals surface area contributed by atoms with Gasteiger partial charge >= 0.3 is 12.2 Å². The smallest absolute Gasteiger partial charge is 0.411 e. The maximum atomic E-state index is 11.9. The number of piperidine rings is 1. The van der Waals surface area contributed by atoms with Crippen LogP contribution in [-0.2, 0) is 4.74 Å². The van der Waals surface area contributed by atoms with Crippen LogP contribution in [0.4, 0.5) is 21.0 Å². The number of nitrogens with zero attached hydrogens (tertiary/aromatic N) is 1. The molecule has 1 aliphatic rings. The maximum Gasteiger partial charge on any atom is 0.411 e. The number of likely N-dealkylation sites (tertiary alicyclic amines) is 1. The molecular weight excluding hydrogens is 446 g/mol. The Hall–Kier alpha value is -2.81. The van der Waals surface area contributed by atoms with Gasteiger partial charge in [-0.2, -0.15) is 0 Å². The van der Waals surface area contributed by atoms with Gasteiger partial charge in [-0.15, -0.1) is 12.4 Å². The summed E-state index contributed by atoms with van der Waals surface area (Å²) in [7, 11) is 0. The summed E-state index contributed by atoms with van der Waals surface area (Å²) in [5.41, 5.74) is 3.35. The average molecular weight is 480 g/mol. The highest BCUT2D eigenvalue weighted by Crippen LogP contribution is 2.19. The summed E-state index contributed by atoms with van der Waals surface area (Å²) in [6, 6.07) is 14.6. The molecule has 3 rings (SSSR count). The van der Waals surface area contributed by atoms with Gasteiger partial charge in [-0.25, -0.2) is 9.59 Å². The molecular formula is C24H34ClN3O5. The van der Waals surface area contributed by atoms with E-state index in [-0.39, 0.29) is 19.0 Å². The summed E-state index contributed by atoms with van der Waals surface area (Å²) in [6.45, 7) is 6.50. The summed E-state index contributed by atoms with van der Waals surface area (Å²) in [4.78, 5) is 24.1. The minimum absolute atomic E-state index is 0. The van der Waals surface area contributed by atoms with E-state index < -0.39 is 18.3 Å². The van der Waals surface area contributed by atoms with E-state index in [9.17, 15) is 14.7 Å². The van der Waals surface area contributed by atoms with Crippen molar-refractivity contribution in [3.05, 3.63) is 59.7 Å². The lowest BCUT2D eigenvalue weighted by Gasteiger charge is -2.28. The van der Waals surface area contributed by atoms with Gasteiger partial charge in [-0.3, -0.25) is 10.6 Å². The molecule has 9 heteroatoms. The molecule has 1 heterocycles. The Morgan fingerprint density at radius 1 is 0.970 bits per heavy atom. The third-order valence-corrected chi connectivity index (χ3v) is 5.06. The molecule has 1 atom stereocenters. The van der Waals surface area contributed by atoms with Crippen molar-refractivity contribution in [1.82, 2.24) is 4.90 Å². The number of aliphatic hydroxyl groups is 1. The summed E-state index contributed by atoms with van der Waals surface area (Å²) >= 11 is 0. The van der Waals surface area contributed by atoms with Crippen LogP contribution in [0.15, 0.2) is 48.5 Å². The summed E-state index contributed by atoms with van der Waals surface area (Å²) in [5.74, 6) is 0. The van der Waals surface area contributed by atoms with E-state index in [0.29, 0.717) is 12.2 Å². The Labute approximate surface area is 201 Å². The first kappa shape index (κ1) is 28.2. The number of benzene rings is 2. The first-order chi connectivity index (χ1) is 15.3. The molecule has 0 saturated carbocycles. The van der Waals surface area contributed by atoms with Crippen LogP contribution >= 0.6 is 12.4 Å². The lowest BCUT2D eigenvalue weighted by molar-refractivity contribution is 0.0437. The van der Waals surface area contributed by atoms with Crippen molar-refractivity contribution in [3.63, 3.8) is 0 Å². The van der Waals surface area contributed by atoms with Crippen LogP contribution in [0, 0.1) is 13.8 Å². The molecule has 0 spiro atoms. The van der Waals surface area contributed by atoms with E-state index in [2.05, 4.69) is 15.5 Å². The second-order valence-corrected chi connectivity index (χ2v) is 7.80. The lowest BCUT2D eigenvalue weighted by Crippen LogP contribution is -2.38. The van der Waals surface area contributed by atoms with E-state index in [4.69, 9.17) is 9.84 Å². The lowest BCUT2D eigenvalue weighted by atomic mass is 10.1. The molecule has 8 nitrogen and oxygen atoms in total. The fourth-order valence-corrected chi connectivity index (χ4v) is 3.46. The molecule has 2 amide bonds. The first-order valence-corrected chi connectivity index (χ1v) is 10.8. The van der Waals surface area contributed by atoms with Gasteiger partial charge in [-0.05, 0) is 63.0 Å². The molecule has 4 N–H and O–H groups in total. The number of anilines is 2. The molecule has 1 saturated heterocycles. The van der Waals surface area contributed by atoms with E-state index in [1.807, 2.05) is 38.1 Å². The molecule has 0 aliphatic carbocycles. The topological polar surface area (TPSA) is 111 Å². The summed E-state index contributed by atoms with van der Waals surface area (Å²) < 4.78 is 5.13. The van der Waals surface area contributed by atoms with Gasteiger partial charge in [0, 0.05) is 17.9 Å². The van der Waals surface area contributed by atoms with Crippen molar-refractivity contribution >= 4 is 36.0 Å². The predicted molar refractivity (Wildman–Crippen MR) is 133 cm³/mol. The highest BCUT2D eigenvalue weighted by molar-refractivity contribution is 5.86. The Kier molecular flexibility index (Phi) is 12.9. The van der Waals surface area contributed by atoms with Gasteiger partial charge in [0.15, 0.2) is 0 Å². The standard InChI is InChI=1S/C17H26N2O3.C7H7NO2.ClH/c1-13-7-6-8-14(2)16(13)18-17(21)22-12-15(20)11-19-9-4-3-5-10-19;9-7(10)8-6-4-2-1-3-5-6;/h6-8,15,20H,3-5,9-12H2,1-2H3,(H,18,21);1-5,8H,(H,9,10);1H. The molecule has 1 unspecified atom stereocenters. The third kappa shape index (κ3) is 11.1. The average Bonchev–Trinajstić information content (AvgIpc) is 2.76. The van der Waals surface area contributed by atoms with Crippen LogP contribution in [0.25, 0.3) is 0 Å². The van der Waals surface area contributed by atoms with Crippen LogP contribution in [0.5, 0.6) is 0 Å². The fourth-order valence-electron chi connectivity index (χ4n) is 3.46. The summed E-state index contributed by atoms with van der Waals surface area (Å²) in [6.07, 6.45) is 1.44. The van der Waals surface area contributed by atoms with Crippen molar-refractivity contribution in [1.29, 1.82) is 0 Å². The molecule has 2 aromatic rings. The highest BCUT2D eigenvalue weighted by Gasteiger charge is 2.16. The van der Waals surface area contributed by atoms with E-state index in [0.717, 1.165) is 29.9 Å². The fraction of sp³-hybridized carbons (Fsp3) is 0.417. The van der Waals surface area contributed by atoms with Gasteiger partial charge in [0.05, 0.1) is 0 Å². The van der Waals surface area contributed by atoms with Crippen LogP contribution in [0.1, 0.15) is 30.4 Å². The number of carbonyl (C=O) groups excluding carboxylic acids is 1. The maximum absolute atomic E-state index is 11.9. The van der Waals surface area contributed by atoms with Crippen molar-refractivity contribution in [2.75, 3.05) is 36.9 Å². The molecule has 0 bridgehead atoms. The van der Waals surface area contributed by atoms with Crippen LogP contribution in [0.3, 0.4) is 0 Å². The monoisotopic (exact) mass is 479 g/mol. The minimum atomic E-state index is -1.04. The number of carboxylic acid groups (broad SMARTS) is 1. The van der Waals surface area contributed by atoms with Crippen LogP contribution in [-0.4, -0.2) is 59.6 Å². The van der Waals surface area contributed by atoms with Gasteiger partial charge in [0.1, 0.15) is 12.7 Å². The Morgan fingerprint density at radius 3 is 2.15 bits per heavy atom. The Bertz CT molecular complexity index is 840. The molecule has 33 heavy (non-hydrogen) atoms. The third-order valence-electron chi connectivity index (χ3n) is 5.06. The highest BCUT2D eigenvalue weighted by atomic mass is 35.5. The number of nitrogens with one attached hydrogen (secondary N) is 2. The minimum Gasteiger partial charge on any atom is -0.465 e. The second-order valence-electron chi connectivity index (χ2n) is 7.80. The Balaban J connectivity index is 0.000000417. The van der Waals surface area contributed by atoms with Gasteiger partial charge in [0.2, 0.25) is 0 Å². The van der Waals surface area contributed by atoms with Crippen LogP contribution < -0.4 is 10.6 Å².